The van der Waals surface area contributed by atoms with Gasteiger partial charge in [0.1, 0.15) is 0 Å². The first-order chi connectivity index (χ1) is 28.1. The van der Waals surface area contributed by atoms with Gasteiger partial charge in [0.25, 0.3) is 0 Å². The van der Waals surface area contributed by atoms with E-state index in [1.165, 1.54) is 4.57 Å². The molecule has 0 saturated carbocycles. The van der Waals surface area contributed by atoms with Gasteiger partial charge in [0.15, 0.2) is 17.5 Å². The molecule has 234 valence electrons. The summed E-state index contributed by atoms with van der Waals surface area (Å²) in [6, 6.07) is 35.5. The fraction of sp³-hybridized carbons (Fsp3) is 0. The first-order valence-electron chi connectivity index (χ1n) is 20.1. The molecule has 0 amide bonds. The molecular formula is C45H28N4S. The molecule has 3 aromatic heterocycles. The lowest BCUT2D eigenvalue weighted by molar-refractivity contribution is 1.07. The molecule has 3 heterocycles. The SMILES string of the molecule is [2H]c1c([2H])c([2H])c2c(c1[2H])c1c([2H])c([2H])c([2H])c([2H])c1n2-c1cc(-c2ccccc2)ccc1-c1nc(-c2ccccc2)nc(-c2cccc3c2sc2ccccc23)n1. The van der Waals surface area contributed by atoms with Gasteiger partial charge in [-0.2, -0.15) is 0 Å². The van der Waals surface area contributed by atoms with Gasteiger partial charge >= 0.3 is 0 Å². The zero-order chi connectivity index (χ0) is 40.0. The number of para-hydroxylation sites is 2. The molecule has 4 nitrogen and oxygen atoms in total. The molecular weight excluding hydrogens is 629 g/mol. The van der Waals surface area contributed by atoms with E-state index in [2.05, 4.69) is 18.2 Å². The number of benzene rings is 7. The van der Waals surface area contributed by atoms with Gasteiger partial charge in [-0.1, -0.05) is 133 Å². The number of hydrogen-bond acceptors (Lipinski definition) is 4. The number of rotatable bonds is 5. The molecule has 0 unspecified atom stereocenters. The summed E-state index contributed by atoms with van der Waals surface area (Å²) < 4.78 is 74.8. The zero-order valence-corrected chi connectivity index (χ0v) is 27.1. The zero-order valence-electron chi connectivity index (χ0n) is 34.2. The lowest BCUT2D eigenvalue weighted by Crippen LogP contribution is -2.04. The second-order valence-electron chi connectivity index (χ2n) is 11.8. The largest absolute Gasteiger partial charge is 0.308 e. The first kappa shape index (κ1) is 21.5. The molecule has 0 fully saturated rings. The van der Waals surface area contributed by atoms with Crippen molar-refractivity contribution in [3.05, 3.63) is 170 Å². The Morgan fingerprint density at radius 2 is 1.06 bits per heavy atom. The van der Waals surface area contributed by atoms with Gasteiger partial charge in [-0.3, -0.25) is 0 Å². The molecule has 0 aliphatic rings. The van der Waals surface area contributed by atoms with E-state index in [9.17, 15) is 2.74 Å². The lowest BCUT2D eigenvalue weighted by Gasteiger charge is -2.16. The third-order valence-corrected chi connectivity index (χ3v) is 10.2. The van der Waals surface area contributed by atoms with Crippen LogP contribution in [0.15, 0.2) is 170 Å². The maximum absolute atomic E-state index is 9.24. The predicted molar refractivity (Wildman–Crippen MR) is 209 cm³/mol. The molecule has 7 aromatic carbocycles. The van der Waals surface area contributed by atoms with E-state index >= 15 is 0 Å². The van der Waals surface area contributed by atoms with Crippen molar-refractivity contribution >= 4 is 53.3 Å². The molecule has 50 heavy (non-hydrogen) atoms. The maximum atomic E-state index is 9.24. The monoisotopic (exact) mass is 664 g/mol. The van der Waals surface area contributed by atoms with E-state index in [4.69, 9.17) is 23.2 Å². The van der Waals surface area contributed by atoms with Crippen LogP contribution >= 0.6 is 11.3 Å². The summed E-state index contributed by atoms with van der Waals surface area (Å²) >= 11 is 1.65. The van der Waals surface area contributed by atoms with E-state index in [0.29, 0.717) is 22.9 Å². The molecule has 0 aliphatic carbocycles. The summed E-state index contributed by atoms with van der Waals surface area (Å²) in [6.07, 6.45) is 0. The van der Waals surface area contributed by atoms with Crippen molar-refractivity contribution in [1.29, 1.82) is 0 Å². The van der Waals surface area contributed by atoms with E-state index in [0.717, 1.165) is 42.4 Å². The quantitative estimate of drug-likeness (QED) is 0.184. The van der Waals surface area contributed by atoms with Gasteiger partial charge in [0.2, 0.25) is 0 Å². The third-order valence-electron chi connectivity index (χ3n) is 8.93. The standard InChI is InChI=1S/C45H28N4S/c1-3-14-29(15-4-1)31-26-27-36(40(28-31)49-38-23-10-7-18-32(38)33-19-8-11-24-39(33)49)44-46-43(30-16-5-2-6-17-30)47-45(48-44)37-22-13-21-35-34-20-9-12-25-41(34)50-42(35)37/h1-28H/i7D,8D,10D,11D,18D,19D,23D,24D. The smallest absolute Gasteiger partial charge is 0.166 e. The van der Waals surface area contributed by atoms with Crippen LogP contribution in [0, 0.1) is 0 Å². The Kier molecular flexibility index (Phi) is 5.00. The maximum Gasteiger partial charge on any atom is 0.166 e. The van der Waals surface area contributed by atoms with Crippen LogP contribution in [0.1, 0.15) is 11.0 Å². The summed E-state index contributed by atoms with van der Waals surface area (Å²) in [6.45, 7) is 0. The Morgan fingerprint density at radius 1 is 0.460 bits per heavy atom. The van der Waals surface area contributed by atoms with E-state index in [1.54, 1.807) is 11.3 Å². The molecule has 0 atom stereocenters. The van der Waals surface area contributed by atoms with Gasteiger partial charge in [-0.05, 0) is 47.5 Å². The third kappa shape index (κ3) is 4.63. The molecule has 0 radical (unpaired) electrons. The Bertz CT molecular complexity index is 3250. The van der Waals surface area contributed by atoms with Gasteiger partial charge in [0, 0.05) is 47.6 Å². The second kappa shape index (κ2) is 11.6. The van der Waals surface area contributed by atoms with Gasteiger partial charge in [-0.25, -0.2) is 15.0 Å². The Labute approximate surface area is 303 Å². The minimum Gasteiger partial charge on any atom is -0.308 e. The van der Waals surface area contributed by atoms with Crippen molar-refractivity contribution in [2.45, 2.75) is 0 Å². The van der Waals surface area contributed by atoms with Crippen molar-refractivity contribution in [2.24, 2.45) is 0 Å². The molecule has 0 saturated heterocycles. The predicted octanol–water partition coefficient (Wildman–Crippen LogP) is 12.0. The van der Waals surface area contributed by atoms with Crippen LogP contribution in [0.5, 0.6) is 0 Å². The lowest BCUT2D eigenvalue weighted by atomic mass is 10.0. The van der Waals surface area contributed by atoms with Gasteiger partial charge in [-0.15, -0.1) is 11.3 Å². The Hall–Kier alpha value is -6.43. The minimum absolute atomic E-state index is 0.00654. The van der Waals surface area contributed by atoms with Crippen LogP contribution in [-0.2, 0) is 0 Å². The Morgan fingerprint density at radius 3 is 1.80 bits per heavy atom. The van der Waals surface area contributed by atoms with Crippen LogP contribution in [0.2, 0.25) is 0 Å². The normalized spacial score (nSPS) is 13.8. The fourth-order valence-electron chi connectivity index (χ4n) is 6.63. The first-order valence-corrected chi connectivity index (χ1v) is 16.9. The molecule has 0 N–H and O–H groups in total. The van der Waals surface area contributed by atoms with Crippen molar-refractivity contribution in [1.82, 2.24) is 19.5 Å². The van der Waals surface area contributed by atoms with Crippen LogP contribution in [0.4, 0.5) is 0 Å². The molecule has 10 rings (SSSR count). The molecule has 5 heteroatoms. The molecule has 0 bridgehead atoms. The van der Waals surface area contributed by atoms with Crippen molar-refractivity contribution in [3.63, 3.8) is 0 Å². The molecule has 10 aromatic rings. The van der Waals surface area contributed by atoms with Crippen LogP contribution in [-0.4, -0.2) is 19.5 Å². The summed E-state index contributed by atoms with van der Waals surface area (Å²) in [5.74, 6) is 1.08. The second-order valence-corrected chi connectivity index (χ2v) is 12.9. The summed E-state index contributed by atoms with van der Waals surface area (Å²) in [5, 5.41) is 2.17. The highest BCUT2D eigenvalue weighted by molar-refractivity contribution is 7.26. The highest BCUT2D eigenvalue weighted by Gasteiger charge is 2.21. The van der Waals surface area contributed by atoms with Crippen LogP contribution < -0.4 is 0 Å². The van der Waals surface area contributed by atoms with Gasteiger partial charge in [0.05, 0.1) is 27.7 Å². The topological polar surface area (TPSA) is 43.6 Å². The van der Waals surface area contributed by atoms with E-state index in [1.807, 2.05) is 103 Å². The van der Waals surface area contributed by atoms with E-state index in [-0.39, 0.29) is 27.6 Å². The van der Waals surface area contributed by atoms with Gasteiger partial charge < -0.3 is 4.57 Å². The minimum atomic E-state index is -0.507. The highest BCUT2D eigenvalue weighted by atomic mass is 32.1. The number of nitrogens with zero attached hydrogens (tertiary/aromatic N) is 4. The number of fused-ring (bicyclic) bond motifs is 6. The van der Waals surface area contributed by atoms with Crippen molar-refractivity contribution in [3.8, 4) is 51.0 Å². The molecule has 0 spiro atoms. The van der Waals surface area contributed by atoms with Crippen LogP contribution in [0.25, 0.3) is 93.0 Å². The summed E-state index contributed by atoms with van der Waals surface area (Å²) in [5.41, 5.74) is 3.98. The number of hydrogen-bond donors (Lipinski definition) is 0. The summed E-state index contributed by atoms with van der Waals surface area (Å²) in [7, 11) is 0. The Balaban J connectivity index is 1.36. The van der Waals surface area contributed by atoms with Crippen molar-refractivity contribution < 1.29 is 11.0 Å². The van der Waals surface area contributed by atoms with Crippen LogP contribution in [0.3, 0.4) is 0 Å². The van der Waals surface area contributed by atoms with E-state index < -0.39 is 48.3 Å². The average molecular weight is 665 g/mol. The number of aromatic nitrogens is 4. The summed E-state index contributed by atoms with van der Waals surface area (Å²) in [4.78, 5) is 15.3. The highest BCUT2D eigenvalue weighted by Crippen LogP contribution is 2.41. The fourth-order valence-corrected chi connectivity index (χ4v) is 7.85. The average Bonchev–Trinajstić information content (AvgIpc) is 3.83. The molecule has 0 aliphatic heterocycles. The van der Waals surface area contributed by atoms with Crippen molar-refractivity contribution in [2.75, 3.05) is 0 Å². The number of thiophene rings is 1.